The van der Waals surface area contributed by atoms with E-state index >= 15 is 0 Å². The fraction of sp³-hybridized carbons (Fsp3) is 0.308. The molecule has 2 rings (SSSR count). The molecule has 0 radical (unpaired) electrons. The van der Waals surface area contributed by atoms with Crippen LogP contribution in [0.25, 0.3) is 0 Å². The molecule has 1 aromatic carbocycles. The Morgan fingerprint density at radius 2 is 1.94 bits per heavy atom. The molecule has 96 valence electrons. The number of rotatable bonds is 3. The first-order valence-corrected chi connectivity index (χ1v) is 7.70. The lowest BCUT2D eigenvalue weighted by atomic mass is 10.1. The van der Waals surface area contributed by atoms with Crippen molar-refractivity contribution in [2.24, 2.45) is 0 Å². The second-order valence-corrected chi connectivity index (χ2v) is 5.85. The van der Waals surface area contributed by atoms with Crippen LogP contribution in [0.15, 0.2) is 33.6 Å². The van der Waals surface area contributed by atoms with Gasteiger partial charge in [0.2, 0.25) is 0 Å². The molecule has 3 nitrogen and oxygen atoms in total. The minimum absolute atomic E-state index is 0.130. The smallest absolute Gasteiger partial charge is 0.137 e. The van der Waals surface area contributed by atoms with Crippen LogP contribution in [-0.2, 0) is 0 Å². The van der Waals surface area contributed by atoms with E-state index in [-0.39, 0.29) is 6.04 Å². The number of nitrogen functional groups attached to an aromatic ring is 1. The van der Waals surface area contributed by atoms with Crippen LogP contribution >= 0.6 is 27.7 Å². The van der Waals surface area contributed by atoms with E-state index in [1.807, 2.05) is 11.6 Å². The van der Waals surface area contributed by atoms with Crippen LogP contribution in [0.1, 0.15) is 24.2 Å². The van der Waals surface area contributed by atoms with Crippen molar-refractivity contribution in [2.45, 2.75) is 24.8 Å². The number of nitrogens with zero attached hydrogens (tertiary/aromatic N) is 2. The van der Waals surface area contributed by atoms with Gasteiger partial charge >= 0.3 is 0 Å². The SMILES string of the molecule is CSc1ccc(C(C)n2nc(C)c(Br)c2N)cc1. The van der Waals surface area contributed by atoms with Crippen LogP contribution in [0.4, 0.5) is 5.82 Å². The minimum Gasteiger partial charge on any atom is -0.383 e. The van der Waals surface area contributed by atoms with Crippen molar-refractivity contribution in [2.75, 3.05) is 12.0 Å². The molecule has 2 N–H and O–H groups in total. The summed E-state index contributed by atoms with van der Waals surface area (Å²) < 4.78 is 2.74. The van der Waals surface area contributed by atoms with E-state index in [9.17, 15) is 0 Å². The maximum atomic E-state index is 6.05. The predicted molar refractivity (Wildman–Crippen MR) is 81.1 cm³/mol. The molecule has 0 aliphatic rings. The van der Waals surface area contributed by atoms with Crippen molar-refractivity contribution >= 4 is 33.5 Å². The van der Waals surface area contributed by atoms with E-state index in [2.05, 4.69) is 58.5 Å². The zero-order chi connectivity index (χ0) is 13.3. The van der Waals surface area contributed by atoms with E-state index in [1.165, 1.54) is 10.5 Å². The Labute approximate surface area is 120 Å². The Morgan fingerprint density at radius 3 is 2.39 bits per heavy atom. The van der Waals surface area contributed by atoms with E-state index in [1.54, 1.807) is 11.8 Å². The normalized spacial score (nSPS) is 12.7. The number of aryl methyl sites for hydroxylation is 1. The monoisotopic (exact) mass is 325 g/mol. The number of hydrogen-bond donors (Lipinski definition) is 1. The average Bonchev–Trinajstić information content (AvgIpc) is 2.66. The molecule has 1 heterocycles. The lowest BCUT2D eigenvalue weighted by molar-refractivity contribution is 0.568. The Bertz CT molecular complexity index is 548. The van der Waals surface area contributed by atoms with Gasteiger partial charge in [0.25, 0.3) is 0 Å². The summed E-state index contributed by atoms with van der Waals surface area (Å²) in [4.78, 5) is 1.26. The quantitative estimate of drug-likeness (QED) is 0.871. The third kappa shape index (κ3) is 2.42. The molecule has 0 aliphatic heterocycles. The minimum atomic E-state index is 0.130. The van der Waals surface area contributed by atoms with Gasteiger partial charge in [0.1, 0.15) is 5.82 Å². The molecule has 0 aliphatic carbocycles. The van der Waals surface area contributed by atoms with Gasteiger partial charge in [-0.15, -0.1) is 11.8 Å². The highest BCUT2D eigenvalue weighted by Crippen LogP contribution is 2.29. The zero-order valence-corrected chi connectivity index (χ0v) is 13.0. The lowest BCUT2D eigenvalue weighted by Gasteiger charge is -2.14. The molecule has 5 heteroatoms. The number of anilines is 1. The number of thioether (sulfide) groups is 1. The van der Waals surface area contributed by atoms with Crippen LogP contribution in [0.2, 0.25) is 0 Å². The molecular weight excluding hydrogens is 310 g/mol. The Balaban J connectivity index is 2.34. The van der Waals surface area contributed by atoms with Gasteiger partial charge < -0.3 is 5.73 Å². The predicted octanol–water partition coefficient (Wildman–Crippen LogP) is 3.87. The molecule has 1 aromatic heterocycles. The van der Waals surface area contributed by atoms with Crippen molar-refractivity contribution in [3.8, 4) is 0 Å². The summed E-state index contributed by atoms with van der Waals surface area (Å²) in [6.45, 7) is 4.05. The molecule has 0 fully saturated rings. The van der Waals surface area contributed by atoms with Crippen molar-refractivity contribution in [1.29, 1.82) is 0 Å². The molecular formula is C13H16BrN3S. The Morgan fingerprint density at radius 1 is 1.33 bits per heavy atom. The maximum Gasteiger partial charge on any atom is 0.137 e. The van der Waals surface area contributed by atoms with Gasteiger partial charge in [0, 0.05) is 4.90 Å². The maximum absolute atomic E-state index is 6.05. The van der Waals surface area contributed by atoms with E-state index in [0.29, 0.717) is 5.82 Å². The van der Waals surface area contributed by atoms with Crippen LogP contribution < -0.4 is 5.73 Å². The van der Waals surface area contributed by atoms with Crippen molar-refractivity contribution in [3.05, 3.63) is 40.0 Å². The summed E-state index contributed by atoms with van der Waals surface area (Å²) in [6.07, 6.45) is 2.07. The van der Waals surface area contributed by atoms with Crippen LogP contribution in [0.3, 0.4) is 0 Å². The molecule has 0 spiro atoms. The second-order valence-electron chi connectivity index (χ2n) is 4.18. The summed E-state index contributed by atoms with van der Waals surface area (Å²) in [5, 5.41) is 4.47. The fourth-order valence-corrected chi connectivity index (χ4v) is 2.53. The van der Waals surface area contributed by atoms with Gasteiger partial charge in [0.05, 0.1) is 16.2 Å². The van der Waals surface area contributed by atoms with E-state index < -0.39 is 0 Å². The van der Waals surface area contributed by atoms with Crippen molar-refractivity contribution < 1.29 is 0 Å². The molecule has 18 heavy (non-hydrogen) atoms. The van der Waals surface area contributed by atoms with Gasteiger partial charge in [-0.1, -0.05) is 12.1 Å². The number of hydrogen-bond acceptors (Lipinski definition) is 3. The summed E-state index contributed by atoms with van der Waals surface area (Å²) in [5.74, 6) is 0.675. The number of nitrogens with two attached hydrogens (primary N) is 1. The molecule has 1 unspecified atom stereocenters. The molecule has 0 bridgehead atoms. The standard InChI is InChI=1S/C13H16BrN3S/c1-8-12(14)13(15)17(16-8)9(2)10-4-6-11(18-3)7-5-10/h4-7,9H,15H2,1-3H3. The lowest BCUT2D eigenvalue weighted by Crippen LogP contribution is -2.11. The molecule has 0 saturated carbocycles. The topological polar surface area (TPSA) is 43.8 Å². The van der Waals surface area contributed by atoms with E-state index in [0.717, 1.165) is 10.2 Å². The molecule has 0 saturated heterocycles. The highest BCUT2D eigenvalue weighted by molar-refractivity contribution is 9.10. The number of aromatic nitrogens is 2. The summed E-state index contributed by atoms with van der Waals surface area (Å²) >= 11 is 5.19. The Kier molecular flexibility index (Phi) is 4.02. The van der Waals surface area contributed by atoms with Gasteiger partial charge in [-0.25, -0.2) is 4.68 Å². The highest BCUT2D eigenvalue weighted by Gasteiger charge is 2.16. The van der Waals surface area contributed by atoms with Crippen LogP contribution in [-0.4, -0.2) is 16.0 Å². The largest absolute Gasteiger partial charge is 0.383 e. The van der Waals surface area contributed by atoms with Gasteiger partial charge in [0.15, 0.2) is 0 Å². The summed E-state index contributed by atoms with van der Waals surface area (Å²) in [6, 6.07) is 8.63. The van der Waals surface area contributed by atoms with Crippen LogP contribution in [0.5, 0.6) is 0 Å². The summed E-state index contributed by atoms with van der Waals surface area (Å²) in [7, 11) is 0. The average molecular weight is 326 g/mol. The highest BCUT2D eigenvalue weighted by atomic mass is 79.9. The molecule has 0 amide bonds. The molecule has 2 aromatic rings. The van der Waals surface area contributed by atoms with Gasteiger partial charge in [-0.3, -0.25) is 0 Å². The number of benzene rings is 1. The summed E-state index contributed by atoms with van der Waals surface area (Å²) in [5.41, 5.74) is 8.17. The zero-order valence-electron chi connectivity index (χ0n) is 10.6. The first-order valence-electron chi connectivity index (χ1n) is 5.68. The first-order chi connectivity index (χ1) is 8.54. The van der Waals surface area contributed by atoms with Crippen molar-refractivity contribution in [1.82, 2.24) is 9.78 Å². The second kappa shape index (κ2) is 5.36. The van der Waals surface area contributed by atoms with Gasteiger partial charge in [-0.2, -0.15) is 5.10 Å². The first kappa shape index (κ1) is 13.5. The number of halogens is 1. The van der Waals surface area contributed by atoms with Crippen LogP contribution in [0, 0.1) is 6.92 Å². The van der Waals surface area contributed by atoms with Gasteiger partial charge in [-0.05, 0) is 53.7 Å². The Hall–Kier alpha value is -0.940. The third-order valence-corrected chi connectivity index (χ3v) is 4.74. The fourth-order valence-electron chi connectivity index (χ4n) is 1.86. The van der Waals surface area contributed by atoms with E-state index in [4.69, 9.17) is 5.73 Å². The van der Waals surface area contributed by atoms with Crippen molar-refractivity contribution in [3.63, 3.8) is 0 Å². The third-order valence-electron chi connectivity index (χ3n) is 3.01. The molecule has 1 atom stereocenters.